The highest BCUT2D eigenvalue weighted by atomic mass is 19.1. The number of nitrogens with one attached hydrogen (secondary N) is 2. The third-order valence-electron chi connectivity index (χ3n) is 3.67. The number of aryl methyl sites for hydroxylation is 1. The van der Waals surface area contributed by atoms with E-state index in [9.17, 15) is 4.39 Å². The van der Waals surface area contributed by atoms with Crippen LogP contribution in [-0.4, -0.2) is 39.9 Å². The van der Waals surface area contributed by atoms with Crippen LogP contribution >= 0.6 is 0 Å². The fourth-order valence-electron chi connectivity index (χ4n) is 2.14. The van der Waals surface area contributed by atoms with Gasteiger partial charge in [0, 0.05) is 19.7 Å². The number of nitrogens with zero attached hydrogens (tertiary/aromatic N) is 4. The van der Waals surface area contributed by atoms with E-state index in [0.717, 1.165) is 11.6 Å². The Labute approximate surface area is 153 Å². The van der Waals surface area contributed by atoms with Crippen molar-refractivity contribution in [1.29, 1.82) is 0 Å². The average molecular weight is 360 g/mol. The third-order valence-corrected chi connectivity index (χ3v) is 3.67. The summed E-state index contributed by atoms with van der Waals surface area (Å²) in [5.41, 5.74) is 0. The lowest BCUT2D eigenvalue weighted by Crippen LogP contribution is -2.42. The second-order valence-corrected chi connectivity index (χ2v) is 5.82. The van der Waals surface area contributed by atoms with Crippen molar-refractivity contribution in [1.82, 2.24) is 25.4 Å². The molecule has 0 amide bonds. The second kappa shape index (κ2) is 9.55. The zero-order valence-electron chi connectivity index (χ0n) is 15.4. The van der Waals surface area contributed by atoms with Crippen LogP contribution in [-0.2, 0) is 13.6 Å². The first-order chi connectivity index (χ1) is 12.5. The molecule has 0 bridgehead atoms. The highest BCUT2D eigenvalue weighted by Crippen LogP contribution is 2.13. The van der Waals surface area contributed by atoms with Crippen LogP contribution < -0.4 is 15.4 Å². The van der Waals surface area contributed by atoms with Crippen LogP contribution in [0.5, 0.6) is 5.75 Å². The molecular weight excluding hydrogens is 335 g/mol. The molecule has 1 atom stereocenters. The Hall–Kier alpha value is -2.90. The van der Waals surface area contributed by atoms with Gasteiger partial charge in [0.2, 0.25) is 0 Å². The quantitative estimate of drug-likeness (QED) is 0.427. The van der Waals surface area contributed by atoms with Gasteiger partial charge in [-0.15, -0.1) is 16.8 Å². The monoisotopic (exact) mass is 360 g/mol. The molecule has 1 unspecified atom stereocenters. The predicted molar refractivity (Wildman–Crippen MR) is 99.6 cm³/mol. The molecule has 0 aliphatic heterocycles. The van der Waals surface area contributed by atoms with Crippen LogP contribution in [0.25, 0.3) is 0 Å². The van der Waals surface area contributed by atoms with E-state index < -0.39 is 0 Å². The normalized spacial score (nSPS) is 12.5. The van der Waals surface area contributed by atoms with E-state index in [1.165, 1.54) is 12.1 Å². The average Bonchev–Trinajstić information content (AvgIpc) is 2.93. The van der Waals surface area contributed by atoms with E-state index in [1.807, 2.05) is 25.5 Å². The van der Waals surface area contributed by atoms with Gasteiger partial charge in [-0.1, -0.05) is 12.1 Å². The van der Waals surface area contributed by atoms with Gasteiger partial charge in [-0.2, -0.15) is 0 Å². The Morgan fingerprint density at radius 3 is 2.88 bits per heavy atom. The molecule has 140 valence electrons. The van der Waals surface area contributed by atoms with Gasteiger partial charge < -0.3 is 19.9 Å². The molecule has 1 aromatic carbocycles. The molecule has 2 aromatic rings. The molecule has 1 aromatic heterocycles. The van der Waals surface area contributed by atoms with Gasteiger partial charge in [-0.3, -0.25) is 0 Å². The maximum absolute atomic E-state index is 13.2. The standard InChI is InChI=1S/C18H25FN6O/c1-5-9-20-18(22-12-17-24-23-14(3)25(17)4)21-11-13(2)26-16-8-6-7-15(19)10-16/h5-8,10,13H,1,9,11-12H2,2-4H3,(H2,20,21,22). The van der Waals surface area contributed by atoms with E-state index in [-0.39, 0.29) is 11.9 Å². The van der Waals surface area contributed by atoms with Crippen molar-refractivity contribution in [2.24, 2.45) is 12.0 Å². The lowest BCUT2D eigenvalue weighted by Gasteiger charge is -2.17. The fourth-order valence-corrected chi connectivity index (χ4v) is 2.14. The Kier molecular flexibility index (Phi) is 7.13. The van der Waals surface area contributed by atoms with E-state index in [2.05, 4.69) is 32.4 Å². The van der Waals surface area contributed by atoms with Gasteiger partial charge in [-0.05, 0) is 26.0 Å². The summed E-state index contributed by atoms with van der Waals surface area (Å²) in [7, 11) is 1.90. The molecule has 26 heavy (non-hydrogen) atoms. The summed E-state index contributed by atoms with van der Waals surface area (Å²) in [4.78, 5) is 4.51. The van der Waals surface area contributed by atoms with Crippen LogP contribution in [0, 0.1) is 12.7 Å². The number of halogens is 1. The number of hydrogen-bond donors (Lipinski definition) is 2. The van der Waals surface area contributed by atoms with Crippen molar-refractivity contribution in [3.05, 3.63) is 54.4 Å². The number of aromatic nitrogens is 3. The number of hydrogen-bond acceptors (Lipinski definition) is 4. The predicted octanol–water partition coefficient (Wildman–Crippen LogP) is 1.95. The topological polar surface area (TPSA) is 76.4 Å². The number of benzene rings is 1. The van der Waals surface area contributed by atoms with Gasteiger partial charge in [0.25, 0.3) is 0 Å². The Bertz CT molecular complexity index is 758. The molecule has 0 radical (unpaired) electrons. The number of guanidine groups is 1. The van der Waals surface area contributed by atoms with Gasteiger partial charge in [0.05, 0.1) is 6.54 Å². The summed E-state index contributed by atoms with van der Waals surface area (Å²) in [5, 5.41) is 14.5. The van der Waals surface area contributed by atoms with Gasteiger partial charge in [0.1, 0.15) is 30.0 Å². The summed E-state index contributed by atoms with van der Waals surface area (Å²) in [6.07, 6.45) is 1.57. The number of rotatable bonds is 8. The summed E-state index contributed by atoms with van der Waals surface area (Å²) in [5.74, 6) is 2.38. The van der Waals surface area contributed by atoms with Gasteiger partial charge >= 0.3 is 0 Å². The first kappa shape index (κ1) is 19.4. The van der Waals surface area contributed by atoms with Crippen molar-refractivity contribution >= 4 is 5.96 Å². The molecular formula is C18H25FN6O. The van der Waals surface area contributed by atoms with Crippen LogP contribution in [0.15, 0.2) is 41.9 Å². The van der Waals surface area contributed by atoms with Gasteiger partial charge in [-0.25, -0.2) is 9.38 Å². The van der Waals surface area contributed by atoms with E-state index in [1.54, 1.807) is 18.2 Å². The van der Waals surface area contributed by atoms with Crippen LogP contribution in [0.2, 0.25) is 0 Å². The zero-order chi connectivity index (χ0) is 18.9. The second-order valence-electron chi connectivity index (χ2n) is 5.82. The van der Waals surface area contributed by atoms with Crippen LogP contribution in [0.3, 0.4) is 0 Å². The largest absolute Gasteiger partial charge is 0.489 e. The molecule has 7 nitrogen and oxygen atoms in total. The minimum atomic E-state index is -0.323. The molecule has 0 saturated carbocycles. The summed E-state index contributed by atoms with van der Waals surface area (Å²) < 4.78 is 20.8. The minimum absolute atomic E-state index is 0.176. The molecule has 0 spiro atoms. The highest BCUT2D eigenvalue weighted by Gasteiger charge is 2.08. The Morgan fingerprint density at radius 2 is 2.23 bits per heavy atom. The lowest BCUT2D eigenvalue weighted by atomic mass is 10.3. The van der Waals surface area contributed by atoms with E-state index in [0.29, 0.717) is 31.3 Å². The van der Waals surface area contributed by atoms with Crippen LogP contribution in [0.1, 0.15) is 18.6 Å². The molecule has 0 aliphatic carbocycles. The summed E-state index contributed by atoms with van der Waals surface area (Å²) >= 11 is 0. The van der Waals surface area contributed by atoms with Crippen molar-refractivity contribution in [3.8, 4) is 5.75 Å². The Morgan fingerprint density at radius 1 is 1.42 bits per heavy atom. The molecule has 1 heterocycles. The molecule has 0 aliphatic rings. The highest BCUT2D eigenvalue weighted by molar-refractivity contribution is 5.79. The molecule has 0 saturated heterocycles. The smallest absolute Gasteiger partial charge is 0.192 e. The lowest BCUT2D eigenvalue weighted by molar-refractivity contribution is 0.223. The number of ether oxygens (including phenoxy) is 1. The minimum Gasteiger partial charge on any atom is -0.489 e. The van der Waals surface area contributed by atoms with Crippen LogP contribution in [0.4, 0.5) is 4.39 Å². The van der Waals surface area contributed by atoms with Crippen molar-refractivity contribution < 1.29 is 9.13 Å². The number of aliphatic imine (C=N–C) groups is 1. The molecule has 2 N–H and O–H groups in total. The summed E-state index contributed by atoms with van der Waals surface area (Å²) in [6, 6.07) is 6.08. The van der Waals surface area contributed by atoms with E-state index >= 15 is 0 Å². The Balaban J connectivity index is 1.92. The van der Waals surface area contributed by atoms with Crippen molar-refractivity contribution in [2.75, 3.05) is 13.1 Å². The fraction of sp³-hybridized carbons (Fsp3) is 0.389. The van der Waals surface area contributed by atoms with Crippen molar-refractivity contribution in [2.45, 2.75) is 26.5 Å². The summed E-state index contributed by atoms with van der Waals surface area (Å²) in [6.45, 7) is 8.94. The first-order valence-electron chi connectivity index (χ1n) is 8.39. The molecule has 8 heteroatoms. The SMILES string of the molecule is C=CCNC(=NCc1nnc(C)n1C)NCC(C)Oc1cccc(F)c1. The zero-order valence-corrected chi connectivity index (χ0v) is 15.4. The third kappa shape index (κ3) is 5.87. The van der Waals surface area contributed by atoms with E-state index in [4.69, 9.17) is 4.74 Å². The molecule has 0 fully saturated rings. The van der Waals surface area contributed by atoms with Crippen molar-refractivity contribution in [3.63, 3.8) is 0 Å². The van der Waals surface area contributed by atoms with Gasteiger partial charge in [0.15, 0.2) is 11.8 Å². The maximum atomic E-state index is 13.2. The molecule has 2 rings (SSSR count). The maximum Gasteiger partial charge on any atom is 0.192 e. The first-order valence-corrected chi connectivity index (χ1v) is 8.39.